The van der Waals surface area contributed by atoms with Crippen molar-refractivity contribution < 1.29 is 14.3 Å². The monoisotopic (exact) mass is 245 g/mol. The van der Waals surface area contributed by atoms with Gasteiger partial charge in [0, 0.05) is 6.04 Å². The highest BCUT2D eigenvalue weighted by molar-refractivity contribution is 5.71. The molecule has 0 amide bonds. The van der Waals surface area contributed by atoms with E-state index in [1.54, 1.807) is 0 Å². The van der Waals surface area contributed by atoms with Crippen LogP contribution in [-0.2, 0) is 14.3 Å². The normalized spacial score (nSPS) is 14.7. The Hall–Kier alpha value is -0.610. The van der Waals surface area contributed by atoms with Gasteiger partial charge in [-0.1, -0.05) is 13.3 Å². The molecular formula is C13H27NO3. The summed E-state index contributed by atoms with van der Waals surface area (Å²) in [5, 5.41) is 0. The third-order valence-corrected chi connectivity index (χ3v) is 2.48. The van der Waals surface area contributed by atoms with Crippen molar-refractivity contribution in [3.8, 4) is 0 Å². The molecule has 2 atom stereocenters. The lowest BCUT2D eigenvalue weighted by Gasteiger charge is -2.13. The van der Waals surface area contributed by atoms with Gasteiger partial charge in [0.1, 0.15) is 6.61 Å². The average Bonchev–Trinajstić information content (AvgIpc) is 2.23. The number of carbonyl (C=O) groups excluding carboxylic acids is 1. The summed E-state index contributed by atoms with van der Waals surface area (Å²) in [6, 6.07) is 0.206. The zero-order valence-corrected chi connectivity index (χ0v) is 11.6. The number of hydrogen-bond acceptors (Lipinski definition) is 4. The second-order valence-corrected chi connectivity index (χ2v) is 4.90. The van der Waals surface area contributed by atoms with Crippen molar-refractivity contribution in [3.63, 3.8) is 0 Å². The molecule has 0 heterocycles. The highest BCUT2D eigenvalue weighted by Gasteiger charge is 2.14. The first-order valence-corrected chi connectivity index (χ1v) is 6.47. The SMILES string of the molecule is CC(N)CCCC(C)C(=O)OCCOC(C)C. The van der Waals surface area contributed by atoms with E-state index in [1.807, 2.05) is 27.7 Å². The lowest BCUT2D eigenvalue weighted by atomic mass is 10.0. The summed E-state index contributed by atoms with van der Waals surface area (Å²) in [4.78, 5) is 11.6. The van der Waals surface area contributed by atoms with E-state index in [2.05, 4.69) is 0 Å². The standard InChI is InChI=1S/C13H27NO3/c1-10(2)16-8-9-17-13(15)11(3)6-5-7-12(4)14/h10-12H,5-9,14H2,1-4H3. The van der Waals surface area contributed by atoms with Crippen LogP contribution in [0.1, 0.15) is 47.0 Å². The van der Waals surface area contributed by atoms with Crippen molar-refractivity contribution in [1.82, 2.24) is 0 Å². The molecule has 0 radical (unpaired) electrons. The van der Waals surface area contributed by atoms with Crippen LogP contribution in [0.3, 0.4) is 0 Å². The second kappa shape index (κ2) is 9.42. The molecule has 0 aromatic heterocycles. The zero-order chi connectivity index (χ0) is 13.3. The second-order valence-electron chi connectivity index (χ2n) is 4.90. The van der Waals surface area contributed by atoms with E-state index in [0.29, 0.717) is 13.2 Å². The molecule has 0 aromatic rings. The summed E-state index contributed by atoms with van der Waals surface area (Å²) in [7, 11) is 0. The van der Waals surface area contributed by atoms with Crippen LogP contribution in [0.2, 0.25) is 0 Å². The van der Waals surface area contributed by atoms with Gasteiger partial charge in [-0.05, 0) is 33.6 Å². The molecule has 0 aliphatic heterocycles. The summed E-state index contributed by atoms with van der Waals surface area (Å²) in [5.41, 5.74) is 5.65. The van der Waals surface area contributed by atoms with Gasteiger partial charge in [0.15, 0.2) is 0 Å². The lowest BCUT2D eigenvalue weighted by Crippen LogP contribution is -2.20. The molecule has 4 nitrogen and oxygen atoms in total. The highest BCUT2D eigenvalue weighted by Crippen LogP contribution is 2.10. The smallest absolute Gasteiger partial charge is 0.308 e. The Labute approximate surface area is 105 Å². The highest BCUT2D eigenvalue weighted by atomic mass is 16.6. The Bertz CT molecular complexity index is 205. The van der Waals surface area contributed by atoms with Crippen LogP contribution in [0, 0.1) is 5.92 Å². The molecule has 0 rings (SSSR count). The van der Waals surface area contributed by atoms with Gasteiger partial charge < -0.3 is 15.2 Å². The molecule has 2 unspecified atom stereocenters. The van der Waals surface area contributed by atoms with Gasteiger partial charge in [0.25, 0.3) is 0 Å². The van der Waals surface area contributed by atoms with Gasteiger partial charge in [-0.3, -0.25) is 4.79 Å². The predicted molar refractivity (Wildman–Crippen MR) is 68.7 cm³/mol. The maximum absolute atomic E-state index is 11.6. The number of esters is 1. The molecule has 2 N–H and O–H groups in total. The Morgan fingerprint density at radius 2 is 1.76 bits per heavy atom. The van der Waals surface area contributed by atoms with Gasteiger partial charge in [0.2, 0.25) is 0 Å². The third-order valence-electron chi connectivity index (χ3n) is 2.48. The first kappa shape index (κ1) is 16.4. The van der Waals surface area contributed by atoms with Crippen LogP contribution in [-0.4, -0.2) is 31.3 Å². The number of carbonyl (C=O) groups is 1. The Balaban J connectivity index is 3.53. The van der Waals surface area contributed by atoms with Crippen LogP contribution in [0.4, 0.5) is 0 Å². The largest absolute Gasteiger partial charge is 0.463 e. The summed E-state index contributed by atoms with van der Waals surface area (Å²) in [6.07, 6.45) is 2.94. The van der Waals surface area contributed by atoms with Crippen molar-refractivity contribution in [1.29, 1.82) is 0 Å². The minimum atomic E-state index is -0.137. The van der Waals surface area contributed by atoms with E-state index in [-0.39, 0.29) is 24.0 Å². The quantitative estimate of drug-likeness (QED) is 0.499. The van der Waals surface area contributed by atoms with Crippen LogP contribution >= 0.6 is 0 Å². The fourth-order valence-corrected chi connectivity index (χ4v) is 1.43. The zero-order valence-electron chi connectivity index (χ0n) is 11.6. The van der Waals surface area contributed by atoms with Crippen LogP contribution in [0.15, 0.2) is 0 Å². The Kier molecular flexibility index (Phi) is 9.09. The molecule has 0 aromatic carbocycles. The van der Waals surface area contributed by atoms with Gasteiger partial charge in [-0.15, -0.1) is 0 Å². The van der Waals surface area contributed by atoms with Crippen molar-refractivity contribution in [2.24, 2.45) is 11.7 Å². The van der Waals surface area contributed by atoms with Crippen LogP contribution < -0.4 is 5.73 Å². The van der Waals surface area contributed by atoms with E-state index >= 15 is 0 Å². The van der Waals surface area contributed by atoms with E-state index < -0.39 is 0 Å². The van der Waals surface area contributed by atoms with Crippen molar-refractivity contribution >= 4 is 5.97 Å². The molecule has 0 aliphatic rings. The van der Waals surface area contributed by atoms with Crippen LogP contribution in [0.25, 0.3) is 0 Å². The minimum absolute atomic E-state index is 0.0483. The summed E-state index contributed by atoms with van der Waals surface area (Å²) >= 11 is 0. The Morgan fingerprint density at radius 1 is 1.12 bits per heavy atom. The van der Waals surface area contributed by atoms with Gasteiger partial charge in [-0.25, -0.2) is 0 Å². The average molecular weight is 245 g/mol. The third kappa shape index (κ3) is 10.3. The van der Waals surface area contributed by atoms with E-state index in [1.165, 1.54) is 0 Å². The van der Waals surface area contributed by atoms with Crippen molar-refractivity contribution in [2.75, 3.05) is 13.2 Å². The molecular weight excluding hydrogens is 218 g/mol. The molecule has 0 spiro atoms. The molecule has 0 bridgehead atoms. The molecule has 102 valence electrons. The summed E-state index contributed by atoms with van der Waals surface area (Å²) in [6.45, 7) is 8.60. The molecule has 17 heavy (non-hydrogen) atoms. The fourth-order valence-electron chi connectivity index (χ4n) is 1.43. The molecule has 0 fully saturated rings. The van der Waals surface area contributed by atoms with E-state index in [9.17, 15) is 4.79 Å². The number of rotatable bonds is 9. The number of hydrogen-bond donors (Lipinski definition) is 1. The molecule has 0 saturated carbocycles. The maximum Gasteiger partial charge on any atom is 0.308 e. The van der Waals surface area contributed by atoms with Crippen molar-refractivity contribution in [3.05, 3.63) is 0 Å². The molecule has 0 saturated heterocycles. The van der Waals surface area contributed by atoms with Gasteiger partial charge in [-0.2, -0.15) is 0 Å². The fraction of sp³-hybridized carbons (Fsp3) is 0.923. The van der Waals surface area contributed by atoms with Crippen molar-refractivity contribution in [2.45, 2.75) is 59.1 Å². The minimum Gasteiger partial charge on any atom is -0.463 e. The molecule has 0 aliphatic carbocycles. The summed E-state index contributed by atoms with van der Waals surface area (Å²) in [5.74, 6) is -0.185. The lowest BCUT2D eigenvalue weighted by molar-refractivity contribution is -0.150. The topological polar surface area (TPSA) is 61.6 Å². The predicted octanol–water partition coefficient (Wildman–Crippen LogP) is 2.11. The number of ether oxygens (including phenoxy) is 2. The maximum atomic E-state index is 11.6. The number of nitrogens with two attached hydrogens (primary N) is 1. The molecule has 4 heteroatoms. The van der Waals surface area contributed by atoms with Gasteiger partial charge in [0.05, 0.1) is 18.6 Å². The first-order chi connectivity index (χ1) is 7.93. The van der Waals surface area contributed by atoms with E-state index in [0.717, 1.165) is 19.3 Å². The summed E-state index contributed by atoms with van der Waals surface area (Å²) < 4.78 is 10.4. The van der Waals surface area contributed by atoms with Gasteiger partial charge >= 0.3 is 5.97 Å². The Morgan fingerprint density at radius 3 is 2.29 bits per heavy atom. The van der Waals surface area contributed by atoms with E-state index in [4.69, 9.17) is 15.2 Å². The van der Waals surface area contributed by atoms with Crippen LogP contribution in [0.5, 0.6) is 0 Å². The first-order valence-electron chi connectivity index (χ1n) is 6.47.